The number of esters is 1. The third-order valence-corrected chi connectivity index (χ3v) is 9.47. The first-order chi connectivity index (χ1) is 19.7. The second kappa shape index (κ2) is 13.5. The number of benzene rings is 2. The van der Waals surface area contributed by atoms with Crippen LogP contribution in [0.25, 0.3) is 0 Å². The number of carbonyl (C=O) groups is 1. The van der Waals surface area contributed by atoms with Gasteiger partial charge in [0, 0.05) is 38.5 Å². The van der Waals surface area contributed by atoms with Crippen molar-refractivity contribution in [1.82, 2.24) is 0 Å². The molecule has 2 aromatic rings. The molecule has 0 heterocycles. The van der Waals surface area contributed by atoms with Gasteiger partial charge in [0.25, 0.3) is 5.09 Å². The second-order valence-corrected chi connectivity index (χ2v) is 19.6. The molecule has 9 heteroatoms. The highest BCUT2D eigenvalue weighted by Crippen LogP contribution is 2.51. The topological polar surface area (TPSA) is 98.9 Å². The first kappa shape index (κ1) is 37.8. The lowest BCUT2D eigenvalue weighted by Crippen LogP contribution is -2.22. The van der Waals surface area contributed by atoms with Gasteiger partial charge in [-0.15, -0.1) is 33.6 Å². The smallest absolute Gasteiger partial charge is 0.311 e. The number of thioether (sulfide) groups is 2. The van der Waals surface area contributed by atoms with Crippen molar-refractivity contribution < 1.29 is 24.6 Å². The average Bonchev–Trinajstić information content (AvgIpc) is 2.80. The summed E-state index contributed by atoms with van der Waals surface area (Å²) < 4.78 is 5.74. The maximum atomic E-state index is 12.9. The Balaban J connectivity index is 2.54. The molecule has 0 bridgehead atoms. The highest BCUT2D eigenvalue weighted by molar-refractivity contribution is 8.18. The summed E-state index contributed by atoms with van der Waals surface area (Å²) >= 11 is 3.53. The lowest BCUT2D eigenvalue weighted by Gasteiger charge is -2.32. The summed E-state index contributed by atoms with van der Waals surface area (Å²) in [6, 6.07) is 8.49. The maximum absolute atomic E-state index is 12.9. The largest absolute Gasteiger partial charge is 0.507 e. The molecule has 0 aliphatic rings. The summed E-state index contributed by atoms with van der Waals surface area (Å²) in [5.41, 5.74) is 2.66. The monoisotopic (exact) mass is 647 g/mol. The molecule has 0 aliphatic carbocycles. The predicted molar refractivity (Wildman–Crippen MR) is 183 cm³/mol. The molecule has 7 nitrogen and oxygen atoms in total. The van der Waals surface area contributed by atoms with Crippen molar-refractivity contribution in [2.75, 3.05) is 6.61 Å². The zero-order valence-electron chi connectivity index (χ0n) is 29.2. The SMILES string of the molecule is CC(C)(Sc1cc(C(C)(C)C)c(O)c(C(C)(C)C)c1)Sc1cc(C(C)(C)C)c(OC(=O)CCCO[N+](=O)[O-])c(C(C)(C)C)c1. The second-order valence-electron chi connectivity index (χ2n) is 16.0. The lowest BCUT2D eigenvalue weighted by atomic mass is 9.79. The molecule has 0 saturated carbocycles. The number of ether oxygens (including phenoxy) is 1. The van der Waals surface area contributed by atoms with Crippen molar-refractivity contribution in [2.24, 2.45) is 0 Å². The third-order valence-electron chi connectivity index (χ3n) is 7.04. The molecule has 0 fully saturated rings. The summed E-state index contributed by atoms with van der Waals surface area (Å²) in [4.78, 5) is 29.9. The van der Waals surface area contributed by atoms with Crippen LogP contribution in [0.1, 0.15) is 132 Å². The quantitative estimate of drug-likeness (QED) is 0.0517. The summed E-state index contributed by atoms with van der Waals surface area (Å²) in [6.45, 7) is 29.6. The van der Waals surface area contributed by atoms with Crippen LogP contribution in [0.4, 0.5) is 0 Å². The number of aromatic hydroxyl groups is 1. The van der Waals surface area contributed by atoms with E-state index < -0.39 is 11.1 Å². The zero-order chi connectivity index (χ0) is 34.1. The normalized spacial score (nSPS) is 13.1. The van der Waals surface area contributed by atoms with Gasteiger partial charge in [-0.1, -0.05) is 83.1 Å². The number of hydrogen-bond donors (Lipinski definition) is 1. The Morgan fingerprint density at radius 3 is 1.43 bits per heavy atom. The third kappa shape index (κ3) is 10.6. The number of hydrogen-bond acceptors (Lipinski definition) is 8. The number of phenolic OH excluding ortho intramolecular Hbond substituents is 1. The number of nitrogens with zero attached hydrogens (tertiary/aromatic N) is 1. The van der Waals surface area contributed by atoms with E-state index in [-0.39, 0.29) is 45.2 Å². The first-order valence-corrected chi connectivity index (χ1v) is 16.8. The van der Waals surface area contributed by atoms with E-state index in [2.05, 4.69) is 126 Å². The molecule has 0 radical (unpaired) electrons. The molecule has 0 amide bonds. The minimum atomic E-state index is -0.856. The van der Waals surface area contributed by atoms with E-state index >= 15 is 0 Å². The summed E-state index contributed by atoms with van der Waals surface area (Å²) in [6.07, 6.45) is 0.209. The van der Waals surface area contributed by atoms with Crippen LogP contribution in [-0.2, 0) is 31.3 Å². The summed E-state index contributed by atoms with van der Waals surface area (Å²) in [5.74, 6) is 0.490. The van der Waals surface area contributed by atoms with Crippen molar-refractivity contribution in [2.45, 2.75) is 145 Å². The molecule has 0 saturated heterocycles. The lowest BCUT2D eigenvalue weighted by molar-refractivity contribution is -0.757. The fourth-order valence-electron chi connectivity index (χ4n) is 4.80. The molecule has 0 aliphatic heterocycles. The molecule has 2 aromatic carbocycles. The Morgan fingerprint density at radius 1 is 0.727 bits per heavy atom. The van der Waals surface area contributed by atoms with Crippen LogP contribution in [0.2, 0.25) is 0 Å². The molecule has 0 spiro atoms. The van der Waals surface area contributed by atoms with Gasteiger partial charge in [-0.2, -0.15) is 0 Å². The van der Waals surface area contributed by atoms with Crippen molar-refractivity contribution in [3.8, 4) is 11.5 Å². The Kier molecular flexibility index (Phi) is 11.6. The van der Waals surface area contributed by atoms with E-state index in [1.165, 1.54) is 0 Å². The van der Waals surface area contributed by atoms with E-state index in [1.54, 1.807) is 23.5 Å². The van der Waals surface area contributed by atoms with Crippen LogP contribution in [0.5, 0.6) is 11.5 Å². The van der Waals surface area contributed by atoms with Gasteiger partial charge in [0.15, 0.2) is 0 Å². The van der Waals surface area contributed by atoms with Crippen LogP contribution < -0.4 is 4.74 Å². The molecular formula is C35H53NO6S2. The number of phenols is 1. The minimum absolute atomic E-state index is 0.0148. The van der Waals surface area contributed by atoms with Crippen LogP contribution in [0, 0.1) is 10.1 Å². The number of rotatable bonds is 10. The van der Waals surface area contributed by atoms with E-state index in [4.69, 9.17) is 4.74 Å². The van der Waals surface area contributed by atoms with Gasteiger partial charge in [-0.25, -0.2) is 0 Å². The van der Waals surface area contributed by atoms with Crippen LogP contribution in [0.3, 0.4) is 0 Å². The fourth-order valence-corrected chi connectivity index (χ4v) is 7.39. The molecule has 0 aromatic heterocycles. The molecule has 0 unspecified atom stereocenters. The van der Waals surface area contributed by atoms with Crippen molar-refractivity contribution in [1.29, 1.82) is 0 Å². The van der Waals surface area contributed by atoms with Gasteiger partial charge in [-0.05, 0) is 66.2 Å². The van der Waals surface area contributed by atoms with Gasteiger partial charge in [0.05, 0.1) is 10.7 Å². The van der Waals surface area contributed by atoms with Crippen LogP contribution >= 0.6 is 23.5 Å². The molecule has 2 rings (SSSR count). The van der Waals surface area contributed by atoms with Crippen LogP contribution in [-0.4, -0.2) is 26.8 Å². The standard InChI is InChI=1S/C35H53NO6S2/c1-31(2,3)24-18-22(19-25(29(24)38)32(4,5)6)43-35(13,14)44-23-20-26(33(7,8)9)30(27(21-23)34(10,11)12)42-28(37)16-15-17-41-36(39)40/h18-21,38H,15-17H2,1-14H3. The molecular weight excluding hydrogens is 595 g/mol. The van der Waals surface area contributed by atoms with Crippen molar-refractivity contribution in [3.63, 3.8) is 0 Å². The Labute approximate surface area is 273 Å². The fraction of sp³-hybridized carbons (Fsp3) is 0.629. The molecule has 0 atom stereocenters. The van der Waals surface area contributed by atoms with Crippen LogP contribution in [0.15, 0.2) is 34.1 Å². The molecule has 44 heavy (non-hydrogen) atoms. The van der Waals surface area contributed by atoms with E-state index in [1.807, 2.05) is 0 Å². The first-order valence-electron chi connectivity index (χ1n) is 15.2. The Hall–Kier alpha value is -2.39. The van der Waals surface area contributed by atoms with E-state index in [0.29, 0.717) is 11.5 Å². The van der Waals surface area contributed by atoms with Gasteiger partial charge < -0.3 is 14.7 Å². The van der Waals surface area contributed by atoms with Crippen molar-refractivity contribution >= 4 is 29.5 Å². The maximum Gasteiger partial charge on any atom is 0.311 e. The highest BCUT2D eigenvalue weighted by Gasteiger charge is 2.32. The van der Waals surface area contributed by atoms with E-state index in [0.717, 1.165) is 32.0 Å². The van der Waals surface area contributed by atoms with Gasteiger partial charge >= 0.3 is 5.97 Å². The Morgan fingerprint density at radius 2 is 1.09 bits per heavy atom. The van der Waals surface area contributed by atoms with Crippen molar-refractivity contribution in [3.05, 3.63) is 56.6 Å². The predicted octanol–water partition coefficient (Wildman–Crippen LogP) is 10.1. The van der Waals surface area contributed by atoms with Gasteiger partial charge in [0.1, 0.15) is 11.5 Å². The zero-order valence-corrected chi connectivity index (χ0v) is 30.8. The molecule has 1 N–H and O–H groups in total. The minimum Gasteiger partial charge on any atom is -0.507 e. The van der Waals surface area contributed by atoms with Gasteiger partial charge in [-0.3, -0.25) is 4.79 Å². The summed E-state index contributed by atoms with van der Waals surface area (Å²) in [5, 5.41) is 20.8. The Bertz CT molecular complexity index is 1290. The molecule has 246 valence electrons. The van der Waals surface area contributed by atoms with E-state index in [9.17, 15) is 20.0 Å². The van der Waals surface area contributed by atoms with Gasteiger partial charge in [0.2, 0.25) is 0 Å². The highest BCUT2D eigenvalue weighted by atomic mass is 32.2. The average molecular weight is 648 g/mol. The summed E-state index contributed by atoms with van der Waals surface area (Å²) in [7, 11) is 0. The number of carbonyl (C=O) groups excluding carboxylic acids is 1.